The second-order valence-electron chi connectivity index (χ2n) is 10.6. The zero-order chi connectivity index (χ0) is 30.2. The molecular weight excluding hydrogens is 554 g/mol. The van der Waals surface area contributed by atoms with Crippen LogP contribution in [0.1, 0.15) is 57.8 Å². The summed E-state index contributed by atoms with van der Waals surface area (Å²) in [6.45, 7) is 0.304. The van der Waals surface area contributed by atoms with E-state index in [1.807, 2.05) is 0 Å². The van der Waals surface area contributed by atoms with Crippen LogP contribution in [0.2, 0.25) is 0 Å². The summed E-state index contributed by atoms with van der Waals surface area (Å²) >= 11 is 0. The normalized spacial score (nSPS) is 21.3. The summed E-state index contributed by atoms with van der Waals surface area (Å²) in [5.74, 6) is -3.67. The van der Waals surface area contributed by atoms with E-state index in [2.05, 4.69) is 5.32 Å². The molecule has 2 aromatic carbocycles. The maximum atomic E-state index is 14.2. The summed E-state index contributed by atoms with van der Waals surface area (Å²) in [4.78, 5) is 53.2. The van der Waals surface area contributed by atoms with Crippen LogP contribution in [0.4, 0.5) is 8.78 Å². The molecule has 1 saturated heterocycles. The third-order valence-corrected chi connectivity index (χ3v) is 7.84. The summed E-state index contributed by atoms with van der Waals surface area (Å²) in [7, 11) is 0. The second kappa shape index (κ2) is 11.3. The molecule has 220 valence electrons. The molecule has 0 aliphatic carbocycles. The Hall–Kier alpha value is -4.65. The molecule has 1 fully saturated rings. The van der Waals surface area contributed by atoms with Crippen molar-refractivity contribution in [2.75, 3.05) is 13.1 Å². The van der Waals surface area contributed by atoms with Crippen molar-refractivity contribution in [3.63, 3.8) is 0 Å². The van der Waals surface area contributed by atoms with Crippen LogP contribution in [0, 0.1) is 21.7 Å². The number of aromatic nitrogens is 1. The number of hydrogen-bond acceptors (Lipinski definition) is 7. The molecule has 2 bridgehead atoms. The Labute approximate surface area is 238 Å². The molecule has 3 aromatic rings. The van der Waals surface area contributed by atoms with E-state index < -0.39 is 69.3 Å². The smallest absolute Gasteiger partial charge is 0.274 e. The van der Waals surface area contributed by atoms with Gasteiger partial charge in [0.15, 0.2) is 17.0 Å². The van der Waals surface area contributed by atoms with Crippen LogP contribution in [-0.4, -0.2) is 56.0 Å². The first-order valence-corrected chi connectivity index (χ1v) is 13.3. The summed E-state index contributed by atoms with van der Waals surface area (Å²) in [5, 5.41) is 25.6. The molecule has 2 N–H and O–H groups in total. The minimum atomic E-state index is -1.92. The lowest BCUT2D eigenvalue weighted by atomic mass is 9.88. The van der Waals surface area contributed by atoms with E-state index in [4.69, 9.17) is 4.74 Å². The number of carbonyl (C=O) groups excluding carboxylic acids is 2. The Kier molecular flexibility index (Phi) is 7.78. The fourth-order valence-corrected chi connectivity index (χ4v) is 5.52. The Morgan fingerprint density at radius 1 is 1.21 bits per heavy atom. The van der Waals surface area contributed by atoms with Crippen molar-refractivity contribution in [3.05, 3.63) is 109 Å². The summed E-state index contributed by atoms with van der Waals surface area (Å²) in [5.41, 5.74) is -2.93. The maximum Gasteiger partial charge on any atom is 0.274 e. The van der Waals surface area contributed by atoms with Gasteiger partial charge >= 0.3 is 0 Å². The Bertz CT molecular complexity index is 1610. The van der Waals surface area contributed by atoms with Gasteiger partial charge in [0.05, 0.1) is 6.04 Å². The number of ether oxygens (including phenoxy) is 1. The first-order chi connectivity index (χ1) is 20.0. The van der Waals surface area contributed by atoms with Crippen molar-refractivity contribution in [1.82, 2.24) is 14.8 Å². The highest BCUT2D eigenvalue weighted by Crippen LogP contribution is 2.40. The van der Waals surface area contributed by atoms with Crippen LogP contribution >= 0.6 is 0 Å². The number of rotatable bonds is 8. The number of fused-ring (bicyclic) bond motifs is 4. The highest BCUT2D eigenvalue weighted by molar-refractivity contribution is 5.99. The number of aliphatic hydroxyl groups is 1. The lowest BCUT2D eigenvalue weighted by Crippen LogP contribution is -2.54. The molecule has 5 rings (SSSR count). The van der Waals surface area contributed by atoms with Crippen molar-refractivity contribution >= 4 is 11.8 Å². The minimum Gasteiger partial charge on any atom is -0.483 e. The van der Waals surface area contributed by atoms with Gasteiger partial charge < -0.3 is 24.6 Å². The van der Waals surface area contributed by atoms with E-state index in [-0.39, 0.29) is 43.8 Å². The molecule has 11 nitrogen and oxygen atoms in total. The number of nitrogens with zero attached hydrogens (tertiary/aromatic N) is 3. The zero-order valence-corrected chi connectivity index (χ0v) is 22.6. The quantitative estimate of drug-likeness (QED) is 0.307. The van der Waals surface area contributed by atoms with Crippen LogP contribution in [0.15, 0.2) is 59.5 Å². The molecule has 3 heterocycles. The van der Waals surface area contributed by atoms with Gasteiger partial charge in [0, 0.05) is 41.9 Å². The topological polar surface area (TPSA) is 144 Å². The number of hydrogen-bond donors (Lipinski definition) is 2. The lowest BCUT2D eigenvalue weighted by Gasteiger charge is -2.41. The summed E-state index contributed by atoms with van der Waals surface area (Å²) in [6, 6.07) is 10.1. The number of halogens is 2. The number of amides is 2. The Morgan fingerprint density at radius 3 is 2.64 bits per heavy atom. The number of nitrogens with one attached hydrogen (secondary N) is 1. The van der Waals surface area contributed by atoms with Crippen molar-refractivity contribution in [3.8, 4) is 5.75 Å². The molecule has 0 saturated carbocycles. The number of pyridine rings is 1. The predicted molar refractivity (Wildman–Crippen MR) is 145 cm³/mol. The fourth-order valence-electron chi connectivity index (χ4n) is 5.52. The van der Waals surface area contributed by atoms with Gasteiger partial charge in [0.2, 0.25) is 12.0 Å². The van der Waals surface area contributed by atoms with Crippen molar-refractivity contribution < 1.29 is 33.1 Å². The Morgan fingerprint density at radius 2 is 1.95 bits per heavy atom. The molecule has 3 atom stereocenters. The van der Waals surface area contributed by atoms with Gasteiger partial charge in [0.25, 0.3) is 11.8 Å². The van der Waals surface area contributed by atoms with E-state index in [0.29, 0.717) is 11.6 Å². The number of carbonyl (C=O) groups is 2. The SMILES string of the molecule is C[C@H]1CCC(O)(C[N+](=O)[O-])[C@H]2CN1C(=O)c1c(OCc3ccccc3)c(=O)c(C(=O)NCc3ccc(F)cc3F)cn12. The van der Waals surface area contributed by atoms with Gasteiger partial charge in [-0.3, -0.25) is 24.5 Å². The third kappa shape index (κ3) is 5.47. The molecule has 0 radical (unpaired) electrons. The minimum absolute atomic E-state index is 0.0132. The van der Waals surface area contributed by atoms with Gasteiger partial charge in [-0.25, -0.2) is 8.78 Å². The molecule has 13 heteroatoms. The van der Waals surface area contributed by atoms with E-state index in [9.17, 15) is 38.4 Å². The molecule has 2 aliphatic heterocycles. The standard InChI is InChI=1S/C29H28F2N4O7/c1-17-9-10-29(39,16-35(40)41)23-14-33(17)28(38)24-26(42-15-18-5-3-2-4-6-18)25(36)21(13-34(23)24)27(37)32-12-19-7-8-20(30)11-22(19)31/h2-8,11,13,17,23,39H,9-10,12,14-16H2,1H3,(H,32,37)/t17-,23+,29?/m0/s1. The fraction of sp³-hybridized carbons (Fsp3) is 0.345. The van der Waals surface area contributed by atoms with Gasteiger partial charge in [-0.1, -0.05) is 36.4 Å². The molecule has 2 amide bonds. The third-order valence-electron chi connectivity index (χ3n) is 7.84. The van der Waals surface area contributed by atoms with E-state index in [1.54, 1.807) is 37.3 Å². The first kappa shape index (κ1) is 28.9. The van der Waals surface area contributed by atoms with E-state index in [1.165, 1.54) is 9.47 Å². The molecule has 1 aromatic heterocycles. The van der Waals surface area contributed by atoms with Crippen molar-refractivity contribution in [1.29, 1.82) is 0 Å². The summed E-state index contributed by atoms with van der Waals surface area (Å²) in [6.07, 6.45) is 1.34. The molecule has 0 spiro atoms. The van der Waals surface area contributed by atoms with Crippen LogP contribution in [0.3, 0.4) is 0 Å². The average molecular weight is 583 g/mol. The largest absolute Gasteiger partial charge is 0.483 e. The first-order valence-electron chi connectivity index (χ1n) is 13.3. The van der Waals surface area contributed by atoms with Gasteiger partial charge in [0.1, 0.15) is 23.8 Å². The number of nitro groups is 1. The molecule has 2 aliphatic rings. The monoisotopic (exact) mass is 582 g/mol. The van der Waals surface area contributed by atoms with E-state index >= 15 is 0 Å². The summed E-state index contributed by atoms with van der Waals surface area (Å²) < 4.78 is 34.6. The Balaban J connectivity index is 1.62. The zero-order valence-electron chi connectivity index (χ0n) is 22.6. The van der Waals surface area contributed by atoms with Crippen molar-refractivity contribution in [2.24, 2.45) is 0 Å². The molecule has 42 heavy (non-hydrogen) atoms. The van der Waals surface area contributed by atoms with Crippen LogP contribution < -0.4 is 15.5 Å². The molecular formula is C29H28F2N4O7. The van der Waals surface area contributed by atoms with Gasteiger partial charge in [-0.15, -0.1) is 0 Å². The van der Waals surface area contributed by atoms with Crippen LogP contribution in [0.25, 0.3) is 0 Å². The highest BCUT2D eigenvalue weighted by atomic mass is 19.1. The molecule has 1 unspecified atom stereocenters. The average Bonchev–Trinajstić information content (AvgIpc) is 3.05. The van der Waals surface area contributed by atoms with Gasteiger partial charge in [-0.2, -0.15) is 0 Å². The van der Waals surface area contributed by atoms with Crippen LogP contribution in [-0.2, 0) is 13.2 Å². The van der Waals surface area contributed by atoms with E-state index in [0.717, 1.165) is 18.3 Å². The highest BCUT2D eigenvalue weighted by Gasteiger charge is 2.51. The van der Waals surface area contributed by atoms with Crippen molar-refractivity contribution in [2.45, 2.75) is 50.6 Å². The lowest BCUT2D eigenvalue weighted by molar-refractivity contribution is -0.503. The van der Waals surface area contributed by atoms with Gasteiger partial charge in [-0.05, 0) is 31.4 Å². The second-order valence-corrected chi connectivity index (χ2v) is 10.6. The predicted octanol–water partition coefficient (Wildman–Crippen LogP) is 2.82. The maximum absolute atomic E-state index is 14.2. The van der Waals surface area contributed by atoms with Crippen LogP contribution in [0.5, 0.6) is 5.75 Å². The number of benzene rings is 2.